The van der Waals surface area contributed by atoms with Crippen LogP contribution < -0.4 is 0 Å². The van der Waals surface area contributed by atoms with E-state index in [0.29, 0.717) is 37.7 Å². The molecule has 2 aliphatic carbocycles. The number of aromatic nitrogens is 3. The highest BCUT2D eigenvalue weighted by atomic mass is 79.9. The lowest BCUT2D eigenvalue weighted by Crippen LogP contribution is -2.62. The fraction of sp³-hybridized carbons (Fsp3) is 0.463. The maximum Gasteiger partial charge on any atom is 0.410 e. The molecule has 1 unspecified atom stereocenters. The monoisotopic (exact) mass is 786 g/mol. The maximum absolute atomic E-state index is 15.1. The van der Waals surface area contributed by atoms with Gasteiger partial charge in [0.25, 0.3) is 0 Å². The number of ether oxygens (including phenoxy) is 1. The summed E-state index contributed by atoms with van der Waals surface area (Å²) in [6, 6.07) is 17.5. The van der Waals surface area contributed by atoms with Gasteiger partial charge in [-0.3, -0.25) is 19.6 Å². The molecule has 0 radical (unpaired) electrons. The number of benzene rings is 2. The molecule has 52 heavy (non-hydrogen) atoms. The largest absolute Gasteiger partial charge is 0.446 e. The summed E-state index contributed by atoms with van der Waals surface area (Å²) in [6.07, 6.45) is 10.7. The van der Waals surface area contributed by atoms with Crippen molar-refractivity contribution in [1.29, 1.82) is 0 Å². The van der Waals surface area contributed by atoms with Crippen LogP contribution in [0.25, 0.3) is 0 Å². The van der Waals surface area contributed by atoms with Crippen LogP contribution in [0.1, 0.15) is 83.9 Å². The Hall–Kier alpha value is -3.73. The first-order chi connectivity index (χ1) is 25.2. The maximum atomic E-state index is 15.1. The van der Waals surface area contributed by atoms with Gasteiger partial charge in [0.15, 0.2) is 0 Å². The number of hydrogen-bond donors (Lipinski definition) is 0. The summed E-state index contributed by atoms with van der Waals surface area (Å²) in [4.78, 5) is 44.6. The molecule has 1 aliphatic heterocycles. The van der Waals surface area contributed by atoms with Crippen molar-refractivity contribution in [3.05, 3.63) is 116 Å². The van der Waals surface area contributed by atoms with Crippen molar-refractivity contribution in [2.45, 2.75) is 96.5 Å². The second-order valence-electron chi connectivity index (χ2n) is 14.5. The summed E-state index contributed by atoms with van der Waals surface area (Å²) < 4.78 is 9.25. The van der Waals surface area contributed by atoms with Crippen LogP contribution in [0.4, 0.5) is 4.79 Å². The zero-order chi connectivity index (χ0) is 36.2. The van der Waals surface area contributed by atoms with E-state index in [0.717, 1.165) is 84.2 Å². The smallest absolute Gasteiger partial charge is 0.410 e. The first-order valence-corrected chi connectivity index (χ1v) is 19.9. The van der Waals surface area contributed by atoms with Crippen LogP contribution in [0, 0.1) is 13.8 Å². The highest BCUT2D eigenvalue weighted by molar-refractivity contribution is 9.10. The molecule has 11 heteroatoms. The molecule has 4 aromatic rings. The average molecular weight is 788 g/mol. The zero-order valence-corrected chi connectivity index (χ0v) is 32.5. The fourth-order valence-corrected chi connectivity index (χ4v) is 8.70. The summed E-state index contributed by atoms with van der Waals surface area (Å²) in [6.45, 7) is 7.13. The number of nitrogens with zero attached hydrogens (tertiary/aromatic N) is 6. The van der Waals surface area contributed by atoms with E-state index < -0.39 is 6.04 Å². The number of carbonyl (C=O) groups excluding carboxylic acids is 2. The van der Waals surface area contributed by atoms with E-state index >= 15 is 4.79 Å². The van der Waals surface area contributed by atoms with Gasteiger partial charge in [-0.25, -0.2) is 9.78 Å². The highest BCUT2D eigenvalue weighted by Crippen LogP contribution is 2.39. The molecule has 1 saturated heterocycles. The van der Waals surface area contributed by atoms with Gasteiger partial charge in [0, 0.05) is 60.7 Å². The van der Waals surface area contributed by atoms with Crippen LogP contribution in [0.3, 0.4) is 0 Å². The number of halogens is 2. The average Bonchev–Trinajstić information content (AvgIpc) is 3.38. The molecule has 2 aromatic carbocycles. The van der Waals surface area contributed by atoms with Gasteiger partial charge in [0.1, 0.15) is 12.1 Å². The Kier molecular flexibility index (Phi) is 11.6. The van der Waals surface area contributed by atoms with Crippen molar-refractivity contribution in [2.75, 3.05) is 26.2 Å². The second kappa shape index (κ2) is 16.5. The molecule has 7 rings (SSSR count). The third-order valence-corrected chi connectivity index (χ3v) is 11.8. The molecule has 2 amide bonds. The quantitative estimate of drug-likeness (QED) is 0.171. The molecule has 0 bridgehead atoms. The zero-order valence-electron chi connectivity index (χ0n) is 30.1. The number of rotatable bonds is 9. The molecule has 2 aromatic heterocycles. The lowest BCUT2D eigenvalue weighted by molar-refractivity contribution is -0.140. The van der Waals surface area contributed by atoms with Crippen LogP contribution in [-0.4, -0.2) is 79.6 Å². The Morgan fingerprint density at radius 2 is 1.77 bits per heavy atom. The van der Waals surface area contributed by atoms with E-state index in [-0.39, 0.29) is 24.1 Å². The van der Waals surface area contributed by atoms with Crippen molar-refractivity contribution in [3.63, 3.8) is 0 Å². The topological polar surface area (TPSA) is 83.8 Å². The summed E-state index contributed by atoms with van der Waals surface area (Å²) in [5.41, 5.74) is 7.68. The van der Waals surface area contributed by atoms with E-state index in [1.165, 1.54) is 17.5 Å². The molecule has 1 saturated carbocycles. The van der Waals surface area contributed by atoms with E-state index in [2.05, 4.69) is 67.6 Å². The Morgan fingerprint density at radius 3 is 2.54 bits per heavy atom. The molecule has 3 heterocycles. The van der Waals surface area contributed by atoms with E-state index in [1.807, 2.05) is 48.6 Å². The van der Waals surface area contributed by atoms with E-state index in [4.69, 9.17) is 21.3 Å². The van der Waals surface area contributed by atoms with Crippen LogP contribution >= 0.6 is 27.5 Å². The molecular formula is C41H48BrClN6O3. The van der Waals surface area contributed by atoms with E-state index in [9.17, 15) is 4.79 Å². The van der Waals surface area contributed by atoms with Gasteiger partial charge in [-0.2, -0.15) is 0 Å². The summed E-state index contributed by atoms with van der Waals surface area (Å²) in [5, 5.41) is 0.707. The summed E-state index contributed by atoms with van der Waals surface area (Å²) >= 11 is 10.2. The summed E-state index contributed by atoms with van der Waals surface area (Å²) in [7, 11) is 0. The van der Waals surface area contributed by atoms with Crippen LogP contribution in [0.15, 0.2) is 71.6 Å². The first-order valence-electron chi connectivity index (χ1n) is 18.7. The number of imidazole rings is 1. The number of pyridine rings is 1. The summed E-state index contributed by atoms with van der Waals surface area (Å²) in [5.74, 6) is -0.0679. The normalized spacial score (nSPS) is 19.4. The van der Waals surface area contributed by atoms with Crippen LogP contribution in [0.5, 0.6) is 0 Å². The highest BCUT2D eigenvalue weighted by Gasteiger charge is 2.43. The van der Waals surface area contributed by atoms with Crippen molar-refractivity contribution < 1.29 is 14.3 Å². The Balaban J connectivity index is 1.22. The SMILES string of the molecule is Cc1ncn(CCCN(Cc2ccccc2)C(=O)[C@H]2CN(C3c4ccc(Cl)cc4CCc4cc(Br)cnc43)CCN2C(=O)OC2CCCCC2)c1C. The van der Waals surface area contributed by atoms with Gasteiger partial charge in [-0.05, 0) is 115 Å². The lowest BCUT2D eigenvalue weighted by atomic mass is 9.95. The number of fused-ring (bicyclic) bond motifs is 2. The lowest BCUT2D eigenvalue weighted by Gasteiger charge is -2.45. The molecule has 2 atom stereocenters. The second-order valence-corrected chi connectivity index (χ2v) is 15.9. The third kappa shape index (κ3) is 8.24. The van der Waals surface area contributed by atoms with Crippen LogP contribution in [0.2, 0.25) is 5.02 Å². The Morgan fingerprint density at radius 1 is 0.981 bits per heavy atom. The first kappa shape index (κ1) is 36.6. The molecule has 3 aliphatic rings. The van der Waals surface area contributed by atoms with Gasteiger partial charge in [0.2, 0.25) is 5.91 Å². The van der Waals surface area contributed by atoms with Gasteiger partial charge < -0.3 is 14.2 Å². The van der Waals surface area contributed by atoms with Gasteiger partial charge in [-0.1, -0.05) is 54.4 Å². The van der Waals surface area contributed by atoms with Crippen LogP contribution in [-0.2, 0) is 35.5 Å². The van der Waals surface area contributed by atoms with Crippen molar-refractivity contribution >= 4 is 39.5 Å². The minimum atomic E-state index is -0.733. The van der Waals surface area contributed by atoms with E-state index in [1.54, 1.807) is 4.90 Å². The molecule has 0 spiro atoms. The van der Waals surface area contributed by atoms with Crippen molar-refractivity contribution in [1.82, 2.24) is 29.2 Å². The van der Waals surface area contributed by atoms with Crippen molar-refractivity contribution in [3.8, 4) is 0 Å². The van der Waals surface area contributed by atoms with Gasteiger partial charge in [0.05, 0.1) is 23.8 Å². The number of aryl methyl sites for hydroxylation is 4. The van der Waals surface area contributed by atoms with Gasteiger partial charge in [-0.15, -0.1) is 0 Å². The predicted octanol–water partition coefficient (Wildman–Crippen LogP) is 8.07. The molecular weight excluding hydrogens is 740 g/mol. The number of amides is 2. The predicted molar refractivity (Wildman–Crippen MR) is 206 cm³/mol. The standard InChI is InChI=1S/C41H48BrClN6O3/c1-28-29(2)48(27-45-28)19-9-18-47(25-30-10-5-3-6-11-30)40(50)37-26-46(20-21-49(37)41(51)52-35-12-7-4-8-13-35)39-36-17-16-34(43)23-31(36)14-15-32-22-33(42)24-44-38(32)39/h3,5-6,10-11,16-17,22-24,27,35,37,39H,4,7-9,12-15,18-21,25-26H2,1-2H3/t37-,39?/m1/s1. The minimum Gasteiger partial charge on any atom is -0.446 e. The number of carbonyl (C=O) groups is 2. The minimum absolute atomic E-state index is 0.0679. The molecule has 274 valence electrons. The Labute approximate surface area is 320 Å². The van der Waals surface area contributed by atoms with Crippen molar-refractivity contribution in [2.24, 2.45) is 0 Å². The molecule has 9 nitrogen and oxygen atoms in total. The molecule has 0 N–H and O–H groups in total. The number of hydrogen-bond acceptors (Lipinski definition) is 6. The molecule has 2 fully saturated rings. The fourth-order valence-electron chi connectivity index (χ4n) is 8.13. The number of piperazine rings is 1. The Bertz CT molecular complexity index is 1830. The van der Waals surface area contributed by atoms with Gasteiger partial charge >= 0.3 is 6.09 Å². The third-order valence-electron chi connectivity index (χ3n) is 11.1.